The highest BCUT2D eigenvalue weighted by Gasteiger charge is 2.04. The number of benzene rings is 1. The van der Waals surface area contributed by atoms with E-state index in [4.69, 9.17) is 14.9 Å². The maximum absolute atomic E-state index is 11.0. The van der Waals surface area contributed by atoms with Crippen molar-refractivity contribution in [2.24, 2.45) is 0 Å². The van der Waals surface area contributed by atoms with E-state index in [2.05, 4.69) is 4.74 Å². The van der Waals surface area contributed by atoms with E-state index in [0.29, 0.717) is 17.9 Å². The van der Waals surface area contributed by atoms with Gasteiger partial charge in [-0.05, 0) is 19.1 Å². The smallest absolute Gasteiger partial charge is 0.344 e. The van der Waals surface area contributed by atoms with Gasteiger partial charge in [0.25, 0.3) is 0 Å². The third-order valence-electron chi connectivity index (χ3n) is 1.84. The van der Waals surface area contributed by atoms with Crippen LogP contribution in [0, 0.1) is 0 Å². The first-order valence-electron chi connectivity index (χ1n) is 4.88. The molecule has 88 valence electrons. The number of ether oxygens (including phenoxy) is 2. The van der Waals surface area contributed by atoms with Crippen molar-refractivity contribution in [2.75, 3.05) is 13.2 Å². The van der Waals surface area contributed by atoms with Crippen LogP contribution in [0.4, 0.5) is 0 Å². The van der Waals surface area contributed by atoms with Crippen LogP contribution in [0.3, 0.4) is 0 Å². The highest BCUT2D eigenvalue weighted by Crippen LogP contribution is 2.15. The Bertz CT molecular complexity index is 331. The van der Waals surface area contributed by atoms with Crippen LogP contribution >= 0.6 is 0 Å². The summed E-state index contributed by atoms with van der Waals surface area (Å²) >= 11 is 0. The molecule has 1 rings (SSSR count). The molecule has 0 aliphatic rings. The highest BCUT2D eigenvalue weighted by atomic mass is 16.6. The van der Waals surface area contributed by atoms with Crippen LogP contribution in [0.1, 0.15) is 18.8 Å². The van der Waals surface area contributed by atoms with E-state index in [1.165, 1.54) is 12.1 Å². The molecule has 0 radical (unpaired) electrons. The molecule has 0 aliphatic carbocycles. The lowest BCUT2D eigenvalue weighted by atomic mass is 10.2. The van der Waals surface area contributed by atoms with E-state index >= 15 is 0 Å². The summed E-state index contributed by atoms with van der Waals surface area (Å²) in [6.45, 7) is 1.88. The minimum Gasteiger partial charge on any atom is -0.482 e. The molecule has 1 aromatic rings. The van der Waals surface area contributed by atoms with E-state index in [1.807, 2.05) is 0 Å². The second-order valence-electron chi connectivity index (χ2n) is 3.04. The third-order valence-corrected chi connectivity index (χ3v) is 1.84. The lowest BCUT2D eigenvalue weighted by Crippen LogP contribution is -2.14. The monoisotopic (exact) mass is 226 g/mol. The molecule has 0 fully saturated rings. The molecule has 5 nitrogen and oxygen atoms in total. The molecule has 0 unspecified atom stereocenters. The third kappa shape index (κ3) is 3.88. The average Bonchev–Trinajstić information content (AvgIpc) is 2.27. The van der Waals surface area contributed by atoms with Crippen LogP contribution in [0.25, 0.3) is 0 Å². The summed E-state index contributed by atoms with van der Waals surface area (Å²) in [6.07, 6.45) is -1.50. The standard InChI is InChI=1S/C11H14O5/c1-2-15-10(12)7-16-9-5-3-8(4-6-9)11(13)14/h3-6,11,13-14H,2,7H2,1H3. The molecule has 0 amide bonds. The van der Waals surface area contributed by atoms with Crippen LogP contribution in [-0.4, -0.2) is 29.4 Å². The van der Waals surface area contributed by atoms with E-state index in [0.717, 1.165) is 0 Å². The predicted molar refractivity (Wildman–Crippen MR) is 55.7 cm³/mol. The van der Waals surface area contributed by atoms with Crippen molar-refractivity contribution in [3.63, 3.8) is 0 Å². The van der Waals surface area contributed by atoms with Gasteiger partial charge in [0.2, 0.25) is 0 Å². The Balaban J connectivity index is 2.46. The van der Waals surface area contributed by atoms with Gasteiger partial charge in [-0.3, -0.25) is 0 Å². The maximum Gasteiger partial charge on any atom is 0.344 e. The van der Waals surface area contributed by atoms with Gasteiger partial charge in [-0.1, -0.05) is 12.1 Å². The van der Waals surface area contributed by atoms with Gasteiger partial charge in [0, 0.05) is 5.56 Å². The van der Waals surface area contributed by atoms with Crippen molar-refractivity contribution in [2.45, 2.75) is 13.2 Å². The molecule has 0 bridgehead atoms. The molecule has 0 saturated heterocycles. The summed E-state index contributed by atoms with van der Waals surface area (Å²) in [5.74, 6) is 0.0335. The topological polar surface area (TPSA) is 76.0 Å². The lowest BCUT2D eigenvalue weighted by molar-refractivity contribution is -0.145. The summed E-state index contributed by atoms with van der Waals surface area (Å²) in [4.78, 5) is 11.0. The van der Waals surface area contributed by atoms with Gasteiger partial charge in [0.1, 0.15) is 5.75 Å². The van der Waals surface area contributed by atoms with Crippen LogP contribution < -0.4 is 4.74 Å². The Morgan fingerprint density at radius 3 is 2.44 bits per heavy atom. The number of hydrogen-bond acceptors (Lipinski definition) is 5. The molecule has 2 N–H and O–H groups in total. The van der Waals surface area contributed by atoms with E-state index in [-0.39, 0.29) is 6.61 Å². The summed E-state index contributed by atoms with van der Waals surface area (Å²) in [5.41, 5.74) is 0.364. The zero-order valence-corrected chi connectivity index (χ0v) is 8.92. The summed E-state index contributed by atoms with van der Waals surface area (Å²) in [7, 11) is 0. The van der Waals surface area contributed by atoms with E-state index < -0.39 is 12.3 Å². The Morgan fingerprint density at radius 2 is 1.94 bits per heavy atom. The quantitative estimate of drug-likeness (QED) is 0.568. The first-order chi connectivity index (χ1) is 7.63. The zero-order chi connectivity index (χ0) is 12.0. The molecular weight excluding hydrogens is 212 g/mol. The largest absolute Gasteiger partial charge is 0.482 e. The van der Waals surface area contributed by atoms with Crippen molar-refractivity contribution < 1.29 is 24.5 Å². The molecule has 0 spiro atoms. The zero-order valence-electron chi connectivity index (χ0n) is 8.92. The van der Waals surface area contributed by atoms with Crippen molar-refractivity contribution in [1.29, 1.82) is 0 Å². The summed E-state index contributed by atoms with van der Waals surface area (Å²) < 4.78 is 9.80. The molecule has 0 heterocycles. The number of rotatable bonds is 5. The normalized spacial score (nSPS) is 10.2. The van der Waals surface area contributed by atoms with Crippen LogP contribution in [0.2, 0.25) is 0 Å². The second-order valence-corrected chi connectivity index (χ2v) is 3.04. The highest BCUT2D eigenvalue weighted by molar-refractivity contribution is 5.71. The van der Waals surface area contributed by atoms with Gasteiger partial charge in [-0.2, -0.15) is 0 Å². The molecular formula is C11H14O5. The fourth-order valence-corrected chi connectivity index (χ4v) is 1.08. The second kappa shape index (κ2) is 6.09. The summed E-state index contributed by atoms with van der Waals surface area (Å²) in [5, 5.41) is 17.7. The van der Waals surface area contributed by atoms with Gasteiger partial charge in [-0.15, -0.1) is 0 Å². The first kappa shape index (κ1) is 12.5. The van der Waals surface area contributed by atoms with Gasteiger partial charge in [0.15, 0.2) is 12.9 Å². The van der Waals surface area contributed by atoms with Gasteiger partial charge >= 0.3 is 5.97 Å². The maximum atomic E-state index is 11.0. The van der Waals surface area contributed by atoms with Crippen LogP contribution in [0.5, 0.6) is 5.75 Å². The molecule has 16 heavy (non-hydrogen) atoms. The van der Waals surface area contributed by atoms with E-state index in [9.17, 15) is 4.79 Å². The number of carbonyl (C=O) groups is 1. The Kier molecular flexibility index (Phi) is 4.75. The molecule has 5 heteroatoms. The Hall–Kier alpha value is -1.59. The summed E-state index contributed by atoms with van der Waals surface area (Å²) in [6, 6.07) is 6.11. The fraction of sp³-hybridized carbons (Fsp3) is 0.364. The lowest BCUT2D eigenvalue weighted by Gasteiger charge is -2.07. The predicted octanol–water partition coefficient (Wildman–Crippen LogP) is 0.612. The minimum atomic E-state index is -1.50. The fourth-order valence-electron chi connectivity index (χ4n) is 1.08. The first-order valence-corrected chi connectivity index (χ1v) is 4.88. The van der Waals surface area contributed by atoms with Gasteiger partial charge in [-0.25, -0.2) is 4.79 Å². The number of esters is 1. The van der Waals surface area contributed by atoms with Crippen LogP contribution in [-0.2, 0) is 9.53 Å². The number of carbonyl (C=O) groups excluding carboxylic acids is 1. The molecule has 1 aromatic carbocycles. The van der Waals surface area contributed by atoms with Gasteiger partial charge < -0.3 is 19.7 Å². The van der Waals surface area contributed by atoms with Crippen molar-refractivity contribution in [3.8, 4) is 5.75 Å². The number of aliphatic hydroxyl groups is 2. The number of hydrogen-bond donors (Lipinski definition) is 2. The van der Waals surface area contributed by atoms with Crippen molar-refractivity contribution in [1.82, 2.24) is 0 Å². The molecule has 0 atom stereocenters. The Labute approximate surface area is 93.2 Å². The van der Waals surface area contributed by atoms with Crippen LogP contribution in [0.15, 0.2) is 24.3 Å². The van der Waals surface area contributed by atoms with Crippen molar-refractivity contribution >= 4 is 5.97 Å². The van der Waals surface area contributed by atoms with Crippen molar-refractivity contribution in [3.05, 3.63) is 29.8 Å². The minimum absolute atomic E-state index is 0.158. The Morgan fingerprint density at radius 1 is 1.31 bits per heavy atom. The SMILES string of the molecule is CCOC(=O)COc1ccc(C(O)O)cc1. The number of aliphatic hydroxyl groups excluding tert-OH is 1. The molecule has 0 aromatic heterocycles. The van der Waals surface area contributed by atoms with Gasteiger partial charge in [0.05, 0.1) is 6.61 Å². The average molecular weight is 226 g/mol. The molecule has 0 aliphatic heterocycles. The molecule has 0 saturated carbocycles. The van der Waals surface area contributed by atoms with E-state index in [1.54, 1.807) is 19.1 Å².